The molecule has 2 N–H and O–H groups in total. The second-order valence-electron chi connectivity index (χ2n) is 7.15. The summed E-state index contributed by atoms with van der Waals surface area (Å²) in [6.07, 6.45) is 4.16. The van der Waals surface area contributed by atoms with Crippen LogP contribution in [0.1, 0.15) is 31.4 Å². The van der Waals surface area contributed by atoms with E-state index < -0.39 is 0 Å². The van der Waals surface area contributed by atoms with Gasteiger partial charge in [-0.3, -0.25) is 4.90 Å². The summed E-state index contributed by atoms with van der Waals surface area (Å²) >= 11 is 0. The van der Waals surface area contributed by atoms with Crippen LogP contribution in [0.5, 0.6) is 0 Å². The molecule has 2 aromatic carbocycles. The molecule has 1 atom stereocenters. The molecule has 0 saturated carbocycles. The predicted octanol–water partition coefficient (Wildman–Crippen LogP) is 3.86. The van der Waals surface area contributed by atoms with Crippen LogP contribution < -0.4 is 5.32 Å². The largest absolute Gasteiger partial charge is 0.395 e. The molecule has 0 aliphatic carbocycles. The van der Waals surface area contributed by atoms with Gasteiger partial charge >= 0.3 is 0 Å². The summed E-state index contributed by atoms with van der Waals surface area (Å²) in [5.74, 6) is 0.762. The van der Waals surface area contributed by atoms with Crippen LogP contribution in [0.15, 0.2) is 48.8 Å². The van der Waals surface area contributed by atoms with Crippen molar-refractivity contribution in [3.05, 3.63) is 54.4 Å². The zero-order valence-electron chi connectivity index (χ0n) is 15.7. The summed E-state index contributed by atoms with van der Waals surface area (Å²) in [5.41, 5.74) is 4.62. The van der Waals surface area contributed by atoms with Gasteiger partial charge in [-0.15, -0.1) is 0 Å². The number of benzene rings is 2. The number of hydrogen-bond acceptors (Lipinski definition) is 5. The van der Waals surface area contributed by atoms with Crippen molar-refractivity contribution in [1.29, 1.82) is 0 Å². The van der Waals surface area contributed by atoms with Crippen molar-refractivity contribution < 1.29 is 5.11 Å². The van der Waals surface area contributed by atoms with Crippen LogP contribution in [0.3, 0.4) is 0 Å². The number of aromatic nitrogens is 2. The van der Waals surface area contributed by atoms with E-state index in [4.69, 9.17) is 5.11 Å². The third kappa shape index (κ3) is 3.80. The molecule has 1 unspecified atom stereocenters. The van der Waals surface area contributed by atoms with Gasteiger partial charge in [0.15, 0.2) is 0 Å². The lowest BCUT2D eigenvalue weighted by atomic mass is 9.98. The van der Waals surface area contributed by atoms with E-state index in [1.165, 1.54) is 37.1 Å². The Morgan fingerprint density at radius 3 is 2.70 bits per heavy atom. The third-order valence-electron chi connectivity index (χ3n) is 5.43. The predicted molar refractivity (Wildman–Crippen MR) is 110 cm³/mol. The minimum Gasteiger partial charge on any atom is -0.395 e. The van der Waals surface area contributed by atoms with Crippen LogP contribution in [-0.4, -0.2) is 46.2 Å². The Balaban J connectivity index is 1.68. The summed E-state index contributed by atoms with van der Waals surface area (Å²) < 4.78 is 0. The van der Waals surface area contributed by atoms with E-state index in [1.54, 1.807) is 6.33 Å². The Labute approximate surface area is 160 Å². The van der Waals surface area contributed by atoms with Crippen molar-refractivity contribution in [3.63, 3.8) is 0 Å². The van der Waals surface area contributed by atoms with E-state index in [1.807, 2.05) is 6.07 Å². The quantitative estimate of drug-likeness (QED) is 0.697. The number of rotatable bonds is 6. The summed E-state index contributed by atoms with van der Waals surface area (Å²) in [6, 6.07) is 15.6. The molecular weight excluding hydrogens is 336 g/mol. The number of aliphatic hydroxyl groups excluding tert-OH is 1. The minimum atomic E-state index is 0.0711. The van der Waals surface area contributed by atoms with Gasteiger partial charge in [-0.2, -0.15) is 0 Å². The first-order valence-electron chi connectivity index (χ1n) is 9.70. The Hall–Kier alpha value is -2.50. The molecule has 1 aromatic heterocycles. The molecule has 0 amide bonds. The Morgan fingerprint density at radius 2 is 1.89 bits per heavy atom. The summed E-state index contributed by atoms with van der Waals surface area (Å²) in [7, 11) is 0. The lowest BCUT2D eigenvalue weighted by molar-refractivity contribution is 0.263. The molecule has 1 aliphatic heterocycles. The molecule has 1 aliphatic rings. The number of anilines is 1. The average molecular weight is 362 g/mol. The van der Waals surface area contributed by atoms with Crippen LogP contribution in [0.4, 0.5) is 5.82 Å². The number of nitrogens with one attached hydrogen (secondary N) is 1. The van der Waals surface area contributed by atoms with Crippen LogP contribution >= 0.6 is 0 Å². The van der Waals surface area contributed by atoms with Crippen molar-refractivity contribution in [2.24, 2.45) is 0 Å². The highest BCUT2D eigenvalue weighted by atomic mass is 16.3. The Bertz CT molecular complexity index is 921. The van der Waals surface area contributed by atoms with E-state index >= 15 is 0 Å². The van der Waals surface area contributed by atoms with Gasteiger partial charge in [0.25, 0.3) is 0 Å². The van der Waals surface area contributed by atoms with Gasteiger partial charge < -0.3 is 10.4 Å². The van der Waals surface area contributed by atoms with Crippen LogP contribution in [0.25, 0.3) is 22.0 Å². The number of nitrogens with zero attached hydrogens (tertiary/aromatic N) is 3. The van der Waals surface area contributed by atoms with Gasteiger partial charge in [-0.05, 0) is 67.7 Å². The van der Waals surface area contributed by atoms with Gasteiger partial charge in [0, 0.05) is 18.0 Å². The normalized spacial score (nSPS) is 15.9. The van der Waals surface area contributed by atoms with Crippen LogP contribution in [0.2, 0.25) is 0 Å². The first-order chi connectivity index (χ1) is 13.3. The zero-order chi connectivity index (χ0) is 18.6. The molecule has 2 heterocycles. The number of aliphatic hydroxyl groups is 1. The average Bonchev–Trinajstić information content (AvgIpc) is 3.26. The first-order valence-corrected chi connectivity index (χ1v) is 9.70. The zero-order valence-corrected chi connectivity index (χ0v) is 15.7. The van der Waals surface area contributed by atoms with Crippen molar-refractivity contribution in [3.8, 4) is 11.1 Å². The third-order valence-corrected chi connectivity index (χ3v) is 5.43. The maximum Gasteiger partial charge on any atom is 0.137 e. The van der Waals surface area contributed by atoms with Gasteiger partial charge in [0.05, 0.1) is 12.1 Å². The van der Waals surface area contributed by atoms with Crippen LogP contribution in [-0.2, 0) is 0 Å². The number of hydrogen-bond donors (Lipinski definition) is 2. The maximum atomic E-state index is 9.09. The van der Waals surface area contributed by atoms with E-state index in [2.05, 4.69) is 63.5 Å². The van der Waals surface area contributed by atoms with E-state index in [9.17, 15) is 0 Å². The molecule has 140 valence electrons. The minimum absolute atomic E-state index is 0.0711. The lowest BCUT2D eigenvalue weighted by Gasteiger charge is -2.24. The summed E-state index contributed by atoms with van der Waals surface area (Å²) in [5, 5.41) is 13.2. The molecule has 5 nitrogen and oxygen atoms in total. The first kappa shape index (κ1) is 17.9. The Kier molecular flexibility index (Phi) is 5.32. The SMILES string of the molecule is CC(c1cccc(-c2ccc3ncnc(NCCO)c3c2)c1)N1CCCC1. The van der Waals surface area contributed by atoms with Crippen molar-refractivity contribution in [1.82, 2.24) is 14.9 Å². The van der Waals surface area contributed by atoms with Crippen LogP contribution in [0, 0.1) is 0 Å². The number of likely N-dealkylation sites (tertiary alicyclic amines) is 1. The van der Waals surface area contributed by atoms with E-state index in [0.29, 0.717) is 12.6 Å². The molecule has 1 fully saturated rings. The highest BCUT2D eigenvalue weighted by Crippen LogP contribution is 2.30. The standard InChI is InChI=1S/C22H26N4O/c1-16(26-10-2-3-11-26)17-5-4-6-18(13-17)19-7-8-21-20(14-19)22(23-9-12-27)25-15-24-21/h4-8,13-16,27H,2-3,9-12H2,1H3,(H,23,24,25). The fourth-order valence-corrected chi connectivity index (χ4v) is 3.87. The monoisotopic (exact) mass is 362 g/mol. The molecule has 4 rings (SSSR count). The highest BCUT2D eigenvalue weighted by molar-refractivity contribution is 5.92. The van der Waals surface area contributed by atoms with Gasteiger partial charge in [0.2, 0.25) is 0 Å². The van der Waals surface area contributed by atoms with Crippen molar-refractivity contribution >= 4 is 16.7 Å². The molecule has 27 heavy (non-hydrogen) atoms. The van der Waals surface area contributed by atoms with E-state index in [-0.39, 0.29) is 6.61 Å². The summed E-state index contributed by atoms with van der Waals surface area (Å²) in [6.45, 7) is 5.23. The molecule has 0 radical (unpaired) electrons. The lowest BCUT2D eigenvalue weighted by Crippen LogP contribution is -2.23. The topological polar surface area (TPSA) is 61.3 Å². The van der Waals surface area contributed by atoms with Gasteiger partial charge in [-0.1, -0.05) is 24.3 Å². The van der Waals surface area contributed by atoms with Crippen molar-refractivity contribution in [2.75, 3.05) is 31.6 Å². The molecule has 0 spiro atoms. The highest BCUT2D eigenvalue weighted by Gasteiger charge is 2.19. The second-order valence-corrected chi connectivity index (χ2v) is 7.15. The molecule has 0 bridgehead atoms. The molecular formula is C22H26N4O. The Morgan fingerprint density at radius 1 is 1.07 bits per heavy atom. The maximum absolute atomic E-state index is 9.09. The molecule has 3 aromatic rings. The van der Waals surface area contributed by atoms with Crippen molar-refractivity contribution in [2.45, 2.75) is 25.8 Å². The van der Waals surface area contributed by atoms with Gasteiger partial charge in [-0.25, -0.2) is 9.97 Å². The molecule has 1 saturated heterocycles. The van der Waals surface area contributed by atoms with Gasteiger partial charge in [0.1, 0.15) is 12.1 Å². The van der Waals surface area contributed by atoms with E-state index in [0.717, 1.165) is 22.3 Å². The number of fused-ring (bicyclic) bond motifs is 1. The molecule has 5 heteroatoms. The summed E-state index contributed by atoms with van der Waals surface area (Å²) in [4.78, 5) is 11.3. The fraction of sp³-hybridized carbons (Fsp3) is 0.364. The fourth-order valence-electron chi connectivity index (χ4n) is 3.87. The second kappa shape index (κ2) is 8.03. The smallest absolute Gasteiger partial charge is 0.137 e.